The van der Waals surface area contributed by atoms with E-state index in [1.807, 2.05) is 6.92 Å². The lowest BCUT2D eigenvalue weighted by Crippen LogP contribution is -2.35. The molecule has 0 aliphatic heterocycles. The number of benzene rings is 1. The van der Waals surface area contributed by atoms with E-state index < -0.39 is 11.6 Å². The third kappa shape index (κ3) is 3.57. The van der Waals surface area contributed by atoms with Crippen LogP contribution in [-0.2, 0) is 0 Å². The first-order valence-corrected chi connectivity index (χ1v) is 6.21. The van der Waals surface area contributed by atoms with Crippen molar-refractivity contribution in [3.8, 4) is 0 Å². The van der Waals surface area contributed by atoms with Gasteiger partial charge in [-0.1, -0.05) is 13.8 Å². The molecule has 0 saturated carbocycles. The van der Waals surface area contributed by atoms with E-state index in [1.54, 1.807) is 0 Å². The van der Waals surface area contributed by atoms with Crippen LogP contribution in [0.15, 0.2) is 12.1 Å². The lowest BCUT2D eigenvalue weighted by atomic mass is 10.2. The summed E-state index contributed by atoms with van der Waals surface area (Å²) in [5, 5.41) is 2.94. The SMILES string of the molecule is CCN(CC)CC(C)Nc1c(N)ccc(F)c1F. The van der Waals surface area contributed by atoms with Gasteiger partial charge in [0.25, 0.3) is 0 Å². The predicted octanol–water partition coefficient (Wildman–Crippen LogP) is 2.69. The molecule has 102 valence electrons. The van der Waals surface area contributed by atoms with E-state index in [9.17, 15) is 8.78 Å². The molecule has 0 aromatic heterocycles. The molecule has 0 heterocycles. The smallest absolute Gasteiger partial charge is 0.183 e. The van der Waals surface area contributed by atoms with Gasteiger partial charge in [-0.15, -0.1) is 0 Å². The Hall–Kier alpha value is -1.36. The molecular formula is C13H21F2N3. The van der Waals surface area contributed by atoms with Crippen molar-refractivity contribution in [2.24, 2.45) is 0 Å². The van der Waals surface area contributed by atoms with Crippen molar-refractivity contribution in [1.82, 2.24) is 4.90 Å². The Balaban J connectivity index is 2.75. The van der Waals surface area contributed by atoms with Crippen molar-refractivity contribution in [1.29, 1.82) is 0 Å². The fourth-order valence-electron chi connectivity index (χ4n) is 1.87. The average Bonchev–Trinajstić information content (AvgIpc) is 2.36. The standard InChI is InChI=1S/C13H21F2N3/c1-4-18(5-2)8-9(3)17-13-11(16)7-6-10(14)12(13)15/h6-7,9,17H,4-5,8,16H2,1-3H3. The first-order chi connectivity index (χ1) is 8.49. The lowest BCUT2D eigenvalue weighted by molar-refractivity contribution is 0.294. The third-order valence-corrected chi connectivity index (χ3v) is 2.94. The molecule has 0 bridgehead atoms. The Morgan fingerprint density at radius 3 is 2.44 bits per heavy atom. The van der Waals surface area contributed by atoms with Gasteiger partial charge in [0.05, 0.1) is 11.4 Å². The van der Waals surface area contributed by atoms with Gasteiger partial charge in [-0.3, -0.25) is 0 Å². The molecule has 0 radical (unpaired) electrons. The molecule has 1 atom stereocenters. The van der Waals surface area contributed by atoms with Gasteiger partial charge in [-0.05, 0) is 32.1 Å². The molecule has 1 aromatic carbocycles. The van der Waals surface area contributed by atoms with Gasteiger partial charge < -0.3 is 16.0 Å². The second-order valence-corrected chi connectivity index (χ2v) is 4.36. The summed E-state index contributed by atoms with van der Waals surface area (Å²) in [5.74, 6) is -1.80. The highest BCUT2D eigenvalue weighted by Gasteiger charge is 2.15. The van der Waals surface area contributed by atoms with Crippen molar-refractivity contribution in [3.63, 3.8) is 0 Å². The maximum Gasteiger partial charge on any atom is 0.183 e. The number of nitrogens with one attached hydrogen (secondary N) is 1. The predicted molar refractivity (Wildman–Crippen MR) is 71.6 cm³/mol. The zero-order chi connectivity index (χ0) is 13.7. The Labute approximate surface area is 107 Å². The van der Waals surface area contributed by atoms with E-state index in [0.29, 0.717) is 0 Å². The Kier molecular flexibility index (Phi) is 5.34. The summed E-state index contributed by atoms with van der Waals surface area (Å²) in [7, 11) is 0. The molecule has 0 amide bonds. The van der Waals surface area contributed by atoms with Gasteiger partial charge in [0.1, 0.15) is 0 Å². The zero-order valence-corrected chi connectivity index (χ0v) is 11.1. The number of hydrogen-bond donors (Lipinski definition) is 2. The van der Waals surface area contributed by atoms with Crippen molar-refractivity contribution >= 4 is 11.4 Å². The molecule has 1 rings (SSSR count). The molecule has 18 heavy (non-hydrogen) atoms. The molecular weight excluding hydrogens is 236 g/mol. The molecule has 0 fully saturated rings. The highest BCUT2D eigenvalue weighted by atomic mass is 19.2. The molecule has 1 aromatic rings. The highest BCUT2D eigenvalue weighted by Crippen LogP contribution is 2.25. The maximum absolute atomic E-state index is 13.6. The average molecular weight is 257 g/mol. The van der Waals surface area contributed by atoms with E-state index in [-0.39, 0.29) is 17.4 Å². The second kappa shape index (κ2) is 6.54. The van der Waals surface area contributed by atoms with Crippen LogP contribution in [0.2, 0.25) is 0 Å². The summed E-state index contributed by atoms with van der Waals surface area (Å²) in [6.45, 7) is 8.64. The minimum atomic E-state index is -0.915. The number of rotatable bonds is 6. The van der Waals surface area contributed by atoms with Crippen LogP contribution in [0.1, 0.15) is 20.8 Å². The molecule has 0 aliphatic carbocycles. The first-order valence-electron chi connectivity index (χ1n) is 6.21. The summed E-state index contributed by atoms with van der Waals surface area (Å²) in [5.41, 5.74) is 5.92. The van der Waals surface area contributed by atoms with Crippen LogP contribution < -0.4 is 11.1 Å². The first kappa shape index (κ1) is 14.7. The van der Waals surface area contributed by atoms with Gasteiger partial charge in [-0.2, -0.15) is 0 Å². The molecule has 0 spiro atoms. The maximum atomic E-state index is 13.6. The van der Waals surface area contributed by atoms with Crippen LogP contribution >= 0.6 is 0 Å². The van der Waals surface area contributed by atoms with Gasteiger partial charge in [0, 0.05) is 12.6 Å². The number of nitrogens with two attached hydrogens (primary N) is 1. The summed E-state index contributed by atoms with van der Waals surface area (Å²) in [6.07, 6.45) is 0. The largest absolute Gasteiger partial charge is 0.397 e. The minimum Gasteiger partial charge on any atom is -0.397 e. The van der Waals surface area contributed by atoms with E-state index in [4.69, 9.17) is 5.73 Å². The fourth-order valence-corrected chi connectivity index (χ4v) is 1.87. The number of anilines is 2. The van der Waals surface area contributed by atoms with Crippen LogP contribution in [-0.4, -0.2) is 30.6 Å². The van der Waals surface area contributed by atoms with Crippen molar-refractivity contribution in [2.75, 3.05) is 30.7 Å². The molecule has 0 saturated heterocycles. The molecule has 0 aliphatic rings. The van der Waals surface area contributed by atoms with Gasteiger partial charge in [-0.25, -0.2) is 8.78 Å². The number of nitrogen functional groups attached to an aromatic ring is 1. The van der Waals surface area contributed by atoms with E-state index in [2.05, 4.69) is 24.1 Å². The van der Waals surface area contributed by atoms with E-state index in [0.717, 1.165) is 25.7 Å². The van der Waals surface area contributed by atoms with Gasteiger partial charge >= 0.3 is 0 Å². The fraction of sp³-hybridized carbons (Fsp3) is 0.538. The number of halogens is 2. The van der Waals surface area contributed by atoms with Gasteiger partial charge in [0.15, 0.2) is 11.6 Å². The van der Waals surface area contributed by atoms with Crippen LogP contribution in [0, 0.1) is 11.6 Å². The molecule has 3 N–H and O–H groups in total. The normalized spacial score (nSPS) is 12.8. The number of nitrogens with zero attached hydrogens (tertiary/aromatic N) is 1. The summed E-state index contributed by atoms with van der Waals surface area (Å²) in [4.78, 5) is 2.20. The summed E-state index contributed by atoms with van der Waals surface area (Å²) >= 11 is 0. The minimum absolute atomic E-state index is 0.0106. The number of hydrogen-bond acceptors (Lipinski definition) is 3. The zero-order valence-electron chi connectivity index (χ0n) is 11.1. The Bertz CT molecular complexity index is 392. The molecule has 1 unspecified atom stereocenters. The summed E-state index contributed by atoms with van der Waals surface area (Å²) < 4.78 is 26.7. The Morgan fingerprint density at radius 2 is 1.89 bits per heavy atom. The van der Waals surface area contributed by atoms with Crippen LogP contribution in [0.5, 0.6) is 0 Å². The van der Waals surface area contributed by atoms with Crippen molar-refractivity contribution < 1.29 is 8.78 Å². The van der Waals surface area contributed by atoms with Crippen LogP contribution in [0.3, 0.4) is 0 Å². The summed E-state index contributed by atoms with van der Waals surface area (Å²) in [6, 6.07) is 2.39. The van der Waals surface area contributed by atoms with Crippen LogP contribution in [0.25, 0.3) is 0 Å². The monoisotopic (exact) mass is 257 g/mol. The highest BCUT2D eigenvalue weighted by molar-refractivity contribution is 5.67. The second-order valence-electron chi connectivity index (χ2n) is 4.36. The van der Waals surface area contributed by atoms with Crippen molar-refractivity contribution in [3.05, 3.63) is 23.8 Å². The van der Waals surface area contributed by atoms with Crippen LogP contribution in [0.4, 0.5) is 20.2 Å². The Morgan fingerprint density at radius 1 is 1.28 bits per heavy atom. The lowest BCUT2D eigenvalue weighted by Gasteiger charge is -2.24. The van der Waals surface area contributed by atoms with Gasteiger partial charge in [0.2, 0.25) is 0 Å². The topological polar surface area (TPSA) is 41.3 Å². The quantitative estimate of drug-likeness (QED) is 0.770. The van der Waals surface area contributed by atoms with E-state index >= 15 is 0 Å². The van der Waals surface area contributed by atoms with E-state index in [1.165, 1.54) is 6.07 Å². The molecule has 5 heteroatoms. The molecule has 3 nitrogen and oxygen atoms in total. The number of likely N-dealkylation sites (N-methyl/N-ethyl adjacent to an activating group) is 1. The third-order valence-electron chi connectivity index (χ3n) is 2.94. The van der Waals surface area contributed by atoms with Crippen molar-refractivity contribution in [2.45, 2.75) is 26.8 Å².